The fourth-order valence-corrected chi connectivity index (χ4v) is 3.52. The van der Waals surface area contributed by atoms with Crippen molar-refractivity contribution in [2.24, 2.45) is 0 Å². The molecule has 128 valence electrons. The number of pyridine rings is 1. The van der Waals surface area contributed by atoms with E-state index < -0.39 is 0 Å². The van der Waals surface area contributed by atoms with E-state index in [1.807, 2.05) is 29.6 Å². The molecule has 2 aromatic heterocycles. The van der Waals surface area contributed by atoms with Gasteiger partial charge in [0.25, 0.3) is 0 Å². The quantitative estimate of drug-likeness (QED) is 0.604. The number of benzene rings is 1. The van der Waals surface area contributed by atoms with E-state index >= 15 is 0 Å². The highest BCUT2D eigenvalue weighted by atomic mass is 79.9. The molecule has 3 aromatic rings. The second kappa shape index (κ2) is 7.11. The number of likely N-dealkylation sites (N-methyl/N-ethyl adjacent to an activating group) is 1. The zero-order chi connectivity index (χ0) is 16.7. The minimum Gasteiger partial charge on any atom is -0.330 e. The maximum Gasteiger partial charge on any atom is 0.231 e. The molecule has 1 aliphatic rings. The molecule has 0 spiro atoms. The van der Waals surface area contributed by atoms with E-state index in [1.54, 1.807) is 24.2 Å². The summed E-state index contributed by atoms with van der Waals surface area (Å²) in [7, 11) is 1.80. The molecule has 0 saturated heterocycles. The van der Waals surface area contributed by atoms with Crippen molar-refractivity contribution < 1.29 is 4.79 Å². The van der Waals surface area contributed by atoms with E-state index in [0.29, 0.717) is 11.6 Å². The molecule has 4 rings (SSSR count). The molecule has 1 aliphatic heterocycles. The number of carbonyl (C=O) groups excluding carboxylic acids is 1. The molecule has 0 fully saturated rings. The van der Waals surface area contributed by atoms with Crippen LogP contribution in [0.15, 0.2) is 41.9 Å². The molecule has 0 bridgehead atoms. The molecular formula is C17H14BrClN4OS. The number of hydrogen-bond acceptors (Lipinski definition) is 5. The summed E-state index contributed by atoms with van der Waals surface area (Å²) in [5, 5.41) is 6.44. The lowest BCUT2D eigenvalue weighted by Crippen LogP contribution is -2.20. The first-order valence-corrected chi connectivity index (χ1v) is 8.60. The number of nitrogens with zero attached hydrogens (tertiary/aromatic N) is 3. The topological polar surface area (TPSA) is 58.1 Å². The summed E-state index contributed by atoms with van der Waals surface area (Å²) in [6, 6.07) is 9.60. The monoisotopic (exact) mass is 436 g/mol. The molecule has 0 radical (unpaired) electrons. The molecule has 1 N–H and O–H groups in total. The van der Waals surface area contributed by atoms with Crippen LogP contribution < -0.4 is 10.2 Å². The SMILES string of the molecule is Br.CN1C(=O)Cc2cc(-c3csc(Nc4ccc(Cl)nc4)n3)ccc21. The Bertz CT molecular complexity index is 929. The minimum atomic E-state index is 0. The van der Waals surface area contributed by atoms with Gasteiger partial charge in [-0.2, -0.15) is 0 Å². The number of carbonyl (C=O) groups is 1. The van der Waals surface area contributed by atoms with Crippen LogP contribution in [-0.2, 0) is 11.2 Å². The predicted octanol–water partition coefficient (Wildman–Crippen LogP) is 4.70. The molecular weight excluding hydrogens is 424 g/mol. The van der Waals surface area contributed by atoms with Gasteiger partial charge in [-0.25, -0.2) is 9.97 Å². The standard InChI is InChI=1S/C17H13ClN4OS.BrH/c1-22-14-4-2-10(6-11(14)7-16(22)23)13-9-24-17(21-13)20-12-3-5-15(18)19-8-12;/h2-6,8-9H,7H2,1H3,(H,20,21);1H. The summed E-state index contributed by atoms with van der Waals surface area (Å²) in [6.07, 6.45) is 2.12. The van der Waals surface area contributed by atoms with E-state index in [-0.39, 0.29) is 22.9 Å². The minimum absolute atomic E-state index is 0. The lowest BCUT2D eigenvalue weighted by Gasteiger charge is -2.09. The van der Waals surface area contributed by atoms with Crippen molar-refractivity contribution in [2.75, 3.05) is 17.3 Å². The molecule has 25 heavy (non-hydrogen) atoms. The van der Waals surface area contributed by atoms with E-state index in [1.165, 1.54) is 11.3 Å². The van der Waals surface area contributed by atoms with Crippen LogP contribution >= 0.6 is 39.9 Å². The predicted molar refractivity (Wildman–Crippen MR) is 108 cm³/mol. The molecule has 1 amide bonds. The Morgan fingerprint density at radius 1 is 1.28 bits per heavy atom. The van der Waals surface area contributed by atoms with Crippen LogP contribution in [0.25, 0.3) is 11.3 Å². The highest BCUT2D eigenvalue weighted by Crippen LogP contribution is 2.33. The highest BCUT2D eigenvalue weighted by Gasteiger charge is 2.24. The van der Waals surface area contributed by atoms with Gasteiger partial charge in [-0.1, -0.05) is 17.7 Å². The van der Waals surface area contributed by atoms with Gasteiger partial charge in [-0.3, -0.25) is 4.79 Å². The molecule has 8 heteroatoms. The average molecular weight is 438 g/mol. The normalized spacial score (nSPS) is 12.7. The van der Waals surface area contributed by atoms with E-state index in [0.717, 1.165) is 33.3 Å². The van der Waals surface area contributed by atoms with Gasteiger partial charge in [0.05, 0.1) is 24.0 Å². The second-order valence-electron chi connectivity index (χ2n) is 5.51. The van der Waals surface area contributed by atoms with Crippen LogP contribution in [0.4, 0.5) is 16.5 Å². The lowest BCUT2D eigenvalue weighted by atomic mass is 10.1. The number of fused-ring (bicyclic) bond motifs is 1. The zero-order valence-electron chi connectivity index (χ0n) is 13.2. The number of thiazole rings is 1. The third kappa shape index (κ3) is 3.53. The number of hydrogen-bond donors (Lipinski definition) is 1. The Morgan fingerprint density at radius 3 is 2.88 bits per heavy atom. The van der Waals surface area contributed by atoms with Crippen LogP contribution in [0.5, 0.6) is 0 Å². The Kier molecular flexibility index (Phi) is 5.08. The maximum atomic E-state index is 11.8. The molecule has 0 saturated carbocycles. The summed E-state index contributed by atoms with van der Waals surface area (Å²) in [4.78, 5) is 22.1. The van der Waals surface area contributed by atoms with E-state index in [4.69, 9.17) is 11.6 Å². The van der Waals surface area contributed by atoms with Gasteiger partial charge in [0, 0.05) is 23.7 Å². The number of halogens is 2. The summed E-state index contributed by atoms with van der Waals surface area (Å²) in [5.74, 6) is 0.123. The van der Waals surface area contributed by atoms with Crippen molar-refractivity contribution in [1.82, 2.24) is 9.97 Å². The van der Waals surface area contributed by atoms with E-state index in [9.17, 15) is 4.79 Å². The van der Waals surface area contributed by atoms with Crippen LogP contribution in [0.3, 0.4) is 0 Å². The van der Waals surface area contributed by atoms with Crippen LogP contribution in [0.2, 0.25) is 5.15 Å². The third-order valence-corrected chi connectivity index (χ3v) is 4.92. The first-order valence-electron chi connectivity index (χ1n) is 7.34. The summed E-state index contributed by atoms with van der Waals surface area (Å²) in [6.45, 7) is 0. The largest absolute Gasteiger partial charge is 0.330 e. The van der Waals surface area contributed by atoms with Crippen molar-refractivity contribution in [3.8, 4) is 11.3 Å². The molecule has 0 atom stereocenters. The second-order valence-corrected chi connectivity index (χ2v) is 6.75. The summed E-state index contributed by atoms with van der Waals surface area (Å²) >= 11 is 7.30. The Hall–Kier alpha value is -1.96. The van der Waals surface area contributed by atoms with Gasteiger partial charge < -0.3 is 10.2 Å². The Balaban J connectivity index is 0.00000182. The van der Waals surface area contributed by atoms with Crippen molar-refractivity contribution in [3.63, 3.8) is 0 Å². The first kappa shape index (κ1) is 17.8. The number of amides is 1. The highest BCUT2D eigenvalue weighted by molar-refractivity contribution is 8.93. The summed E-state index contributed by atoms with van der Waals surface area (Å²) in [5.41, 5.74) is 4.75. The van der Waals surface area contributed by atoms with Gasteiger partial charge in [0.1, 0.15) is 5.15 Å². The van der Waals surface area contributed by atoms with Gasteiger partial charge in [0.2, 0.25) is 5.91 Å². The zero-order valence-corrected chi connectivity index (χ0v) is 16.5. The van der Waals surface area contributed by atoms with E-state index in [2.05, 4.69) is 15.3 Å². The lowest BCUT2D eigenvalue weighted by molar-refractivity contribution is -0.117. The molecule has 0 aliphatic carbocycles. The molecule has 0 unspecified atom stereocenters. The Labute approximate surface area is 164 Å². The smallest absolute Gasteiger partial charge is 0.231 e. The van der Waals surface area contributed by atoms with Crippen LogP contribution in [0.1, 0.15) is 5.56 Å². The van der Waals surface area contributed by atoms with Gasteiger partial charge in [-0.15, -0.1) is 28.3 Å². The van der Waals surface area contributed by atoms with Crippen LogP contribution in [0, 0.1) is 0 Å². The van der Waals surface area contributed by atoms with Crippen molar-refractivity contribution in [1.29, 1.82) is 0 Å². The Morgan fingerprint density at radius 2 is 2.12 bits per heavy atom. The van der Waals surface area contributed by atoms with Gasteiger partial charge in [0.15, 0.2) is 5.13 Å². The summed E-state index contributed by atoms with van der Waals surface area (Å²) < 4.78 is 0. The fraction of sp³-hybridized carbons (Fsp3) is 0.118. The van der Waals surface area contributed by atoms with Gasteiger partial charge >= 0.3 is 0 Å². The number of aromatic nitrogens is 2. The first-order chi connectivity index (χ1) is 11.6. The maximum absolute atomic E-state index is 11.8. The molecule has 5 nitrogen and oxygen atoms in total. The molecule has 3 heterocycles. The van der Waals surface area contributed by atoms with Crippen molar-refractivity contribution in [3.05, 3.63) is 52.6 Å². The average Bonchev–Trinajstić information content (AvgIpc) is 3.15. The van der Waals surface area contributed by atoms with Crippen molar-refractivity contribution >= 4 is 62.3 Å². The molecule has 1 aromatic carbocycles. The third-order valence-electron chi connectivity index (χ3n) is 3.94. The number of anilines is 3. The van der Waals surface area contributed by atoms with Gasteiger partial charge in [-0.05, 0) is 29.8 Å². The van der Waals surface area contributed by atoms with Crippen molar-refractivity contribution in [2.45, 2.75) is 6.42 Å². The number of rotatable bonds is 3. The number of nitrogens with one attached hydrogen (secondary N) is 1. The fourth-order valence-electron chi connectivity index (χ4n) is 2.67. The van der Waals surface area contributed by atoms with Crippen LogP contribution in [-0.4, -0.2) is 22.9 Å².